The molecule has 0 radical (unpaired) electrons. The fourth-order valence-electron chi connectivity index (χ4n) is 2.96. The van der Waals surface area contributed by atoms with Crippen LogP contribution in [0.4, 0.5) is 11.6 Å². The Morgan fingerprint density at radius 1 is 1.36 bits per heavy atom. The third-order valence-corrected chi connectivity index (χ3v) is 4.31. The van der Waals surface area contributed by atoms with Crippen molar-refractivity contribution in [2.24, 2.45) is 0 Å². The molecule has 1 saturated heterocycles. The minimum atomic E-state index is -0.994. The molecule has 2 aromatic rings. The summed E-state index contributed by atoms with van der Waals surface area (Å²) in [4.78, 5) is 26.5. The van der Waals surface area contributed by atoms with Crippen LogP contribution in [-0.2, 0) is 0 Å². The van der Waals surface area contributed by atoms with E-state index < -0.39 is 5.60 Å². The normalized spacial score (nSPS) is 20.2. The van der Waals surface area contributed by atoms with Crippen LogP contribution in [0.1, 0.15) is 23.2 Å². The van der Waals surface area contributed by atoms with E-state index in [1.807, 2.05) is 11.0 Å². The van der Waals surface area contributed by atoms with E-state index in [-0.39, 0.29) is 12.5 Å². The summed E-state index contributed by atoms with van der Waals surface area (Å²) in [5, 5.41) is 16.7. The molecule has 25 heavy (non-hydrogen) atoms. The lowest BCUT2D eigenvalue weighted by atomic mass is 9.92. The van der Waals surface area contributed by atoms with E-state index >= 15 is 0 Å². The molecule has 0 spiro atoms. The number of rotatable bonds is 5. The lowest BCUT2D eigenvalue weighted by Gasteiger charge is -2.39. The maximum Gasteiger partial charge on any atom is 0.251 e. The van der Waals surface area contributed by atoms with Crippen molar-refractivity contribution in [3.05, 3.63) is 42.5 Å². The summed E-state index contributed by atoms with van der Waals surface area (Å²) in [6.07, 6.45) is 6.09. The number of nitrogens with zero attached hydrogens (tertiary/aromatic N) is 4. The third kappa shape index (κ3) is 4.21. The Hall–Kier alpha value is -2.74. The van der Waals surface area contributed by atoms with Gasteiger partial charge in [-0.1, -0.05) is 0 Å². The standard InChI is InChI=1S/C17H22N6O2/c1-18-14-9-15(22-12-21-14)23-8-2-5-17(25,11-23)10-20-16(24)13-3-6-19-7-4-13/h3-4,6-7,9,12,25H,2,5,8,10-11H2,1H3,(H,20,24)(H,18,21,22). The van der Waals surface area contributed by atoms with Crippen molar-refractivity contribution in [1.29, 1.82) is 0 Å². The van der Waals surface area contributed by atoms with Crippen molar-refractivity contribution in [2.45, 2.75) is 18.4 Å². The number of anilines is 2. The molecule has 1 aliphatic heterocycles. The SMILES string of the molecule is CNc1cc(N2CCCC(O)(CNC(=O)c3ccncc3)C2)ncn1. The topological polar surface area (TPSA) is 103 Å². The number of hydrogen-bond acceptors (Lipinski definition) is 7. The van der Waals surface area contributed by atoms with Gasteiger partial charge in [0.25, 0.3) is 5.91 Å². The Labute approximate surface area is 146 Å². The average Bonchev–Trinajstić information content (AvgIpc) is 2.67. The van der Waals surface area contributed by atoms with Crippen LogP contribution in [0.15, 0.2) is 36.9 Å². The minimum absolute atomic E-state index is 0.189. The molecule has 132 valence electrons. The number of aliphatic hydroxyl groups is 1. The lowest BCUT2D eigenvalue weighted by molar-refractivity contribution is 0.0254. The average molecular weight is 342 g/mol. The summed E-state index contributed by atoms with van der Waals surface area (Å²) < 4.78 is 0. The zero-order valence-electron chi connectivity index (χ0n) is 14.1. The van der Waals surface area contributed by atoms with E-state index in [1.54, 1.807) is 31.6 Å². The number of pyridine rings is 1. The molecule has 0 aromatic carbocycles. The number of carbonyl (C=O) groups excluding carboxylic acids is 1. The van der Waals surface area contributed by atoms with Gasteiger partial charge in [-0.15, -0.1) is 0 Å². The maximum atomic E-state index is 12.2. The van der Waals surface area contributed by atoms with Gasteiger partial charge in [0.1, 0.15) is 18.0 Å². The molecule has 0 saturated carbocycles. The maximum absolute atomic E-state index is 12.2. The third-order valence-electron chi connectivity index (χ3n) is 4.31. The smallest absolute Gasteiger partial charge is 0.251 e. The van der Waals surface area contributed by atoms with Crippen molar-refractivity contribution < 1.29 is 9.90 Å². The summed E-state index contributed by atoms with van der Waals surface area (Å²) in [6.45, 7) is 1.40. The highest BCUT2D eigenvalue weighted by Crippen LogP contribution is 2.25. The first kappa shape index (κ1) is 17.1. The summed E-state index contributed by atoms with van der Waals surface area (Å²) >= 11 is 0. The number of hydrogen-bond donors (Lipinski definition) is 3. The number of amides is 1. The minimum Gasteiger partial charge on any atom is -0.386 e. The van der Waals surface area contributed by atoms with Gasteiger partial charge >= 0.3 is 0 Å². The van der Waals surface area contributed by atoms with Crippen LogP contribution >= 0.6 is 0 Å². The molecule has 8 heteroatoms. The van der Waals surface area contributed by atoms with Crippen molar-refractivity contribution in [3.8, 4) is 0 Å². The van der Waals surface area contributed by atoms with Gasteiger partial charge in [-0.05, 0) is 25.0 Å². The van der Waals surface area contributed by atoms with Crippen LogP contribution in [-0.4, -0.2) is 58.2 Å². The molecule has 2 aromatic heterocycles. The second-order valence-electron chi connectivity index (χ2n) is 6.18. The van der Waals surface area contributed by atoms with E-state index in [4.69, 9.17) is 0 Å². The van der Waals surface area contributed by atoms with Gasteiger partial charge in [0, 0.05) is 50.7 Å². The van der Waals surface area contributed by atoms with Gasteiger partial charge in [0.05, 0.1) is 5.60 Å². The molecule has 3 heterocycles. The van der Waals surface area contributed by atoms with E-state index in [0.29, 0.717) is 18.5 Å². The lowest BCUT2D eigenvalue weighted by Crippen LogP contribution is -2.54. The molecule has 1 unspecified atom stereocenters. The number of piperidine rings is 1. The molecule has 1 atom stereocenters. The summed E-state index contributed by atoms with van der Waals surface area (Å²) in [6, 6.07) is 5.14. The monoisotopic (exact) mass is 342 g/mol. The van der Waals surface area contributed by atoms with E-state index in [9.17, 15) is 9.90 Å². The molecule has 1 amide bonds. The van der Waals surface area contributed by atoms with E-state index in [0.717, 1.165) is 24.6 Å². The quantitative estimate of drug-likeness (QED) is 0.734. The van der Waals surface area contributed by atoms with Gasteiger partial charge in [-0.2, -0.15) is 0 Å². The molecule has 8 nitrogen and oxygen atoms in total. The predicted molar refractivity (Wildman–Crippen MR) is 94.5 cm³/mol. The number of aromatic nitrogens is 3. The molecular weight excluding hydrogens is 320 g/mol. The van der Waals surface area contributed by atoms with Crippen LogP contribution in [0.25, 0.3) is 0 Å². The van der Waals surface area contributed by atoms with Crippen molar-refractivity contribution >= 4 is 17.5 Å². The van der Waals surface area contributed by atoms with Crippen LogP contribution in [0, 0.1) is 0 Å². The highest BCUT2D eigenvalue weighted by Gasteiger charge is 2.34. The summed E-state index contributed by atoms with van der Waals surface area (Å²) in [7, 11) is 1.80. The van der Waals surface area contributed by atoms with Crippen LogP contribution < -0.4 is 15.5 Å². The largest absolute Gasteiger partial charge is 0.386 e. The van der Waals surface area contributed by atoms with Gasteiger partial charge in [-0.3, -0.25) is 9.78 Å². The Balaban J connectivity index is 1.64. The Morgan fingerprint density at radius 2 is 2.16 bits per heavy atom. The predicted octanol–water partition coefficient (Wildman–Crippen LogP) is 0.675. The molecule has 3 N–H and O–H groups in total. The van der Waals surface area contributed by atoms with Gasteiger partial charge in [0.15, 0.2) is 0 Å². The number of nitrogens with one attached hydrogen (secondary N) is 2. The fraction of sp³-hybridized carbons (Fsp3) is 0.412. The Morgan fingerprint density at radius 3 is 2.92 bits per heavy atom. The Bertz CT molecular complexity index is 726. The number of carbonyl (C=O) groups is 1. The van der Waals surface area contributed by atoms with E-state index in [2.05, 4.69) is 25.6 Å². The van der Waals surface area contributed by atoms with Gasteiger partial charge in [-0.25, -0.2) is 9.97 Å². The molecule has 1 fully saturated rings. The first-order chi connectivity index (χ1) is 12.1. The molecule has 1 aliphatic rings. The molecule has 3 rings (SSSR count). The van der Waals surface area contributed by atoms with Gasteiger partial charge in [0.2, 0.25) is 0 Å². The molecule has 0 bridgehead atoms. The molecule has 0 aliphatic carbocycles. The zero-order valence-corrected chi connectivity index (χ0v) is 14.1. The highest BCUT2D eigenvalue weighted by atomic mass is 16.3. The fourth-order valence-corrected chi connectivity index (χ4v) is 2.96. The second kappa shape index (κ2) is 7.43. The first-order valence-corrected chi connectivity index (χ1v) is 8.25. The van der Waals surface area contributed by atoms with Crippen LogP contribution in [0.2, 0.25) is 0 Å². The van der Waals surface area contributed by atoms with Crippen molar-refractivity contribution in [3.63, 3.8) is 0 Å². The first-order valence-electron chi connectivity index (χ1n) is 8.25. The highest BCUT2D eigenvalue weighted by molar-refractivity contribution is 5.94. The van der Waals surface area contributed by atoms with E-state index in [1.165, 1.54) is 6.33 Å². The van der Waals surface area contributed by atoms with Gasteiger partial charge < -0.3 is 20.6 Å². The summed E-state index contributed by atoms with van der Waals surface area (Å²) in [5.41, 5.74) is -0.466. The zero-order chi connectivity index (χ0) is 17.7. The number of β-amino-alcohol motifs (C(OH)–C–C–N with tert-alkyl or cyclic N) is 1. The Kier molecular flexibility index (Phi) is 5.08. The molecular formula is C17H22N6O2. The van der Waals surface area contributed by atoms with Crippen molar-refractivity contribution in [1.82, 2.24) is 20.3 Å². The van der Waals surface area contributed by atoms with Crippen LogP contribution in [0.5, 0.6) is 0 Å². The summed E-state index contributed by atoms with van der Waals surface area (Å²) in [5.74, 6) is 1.27. The van der Waals surface area contributed by atoms with Crippen LogP contribution in [0.3, 0.4) is 0 Å². The van der Waals surface area contributed by atoms with Crippen molar-refractivity contribution in [2.75, 3.05) is 36.9 Å². The second-order valence-corrected chi connectivity index (χ2v) is 6.18.